The van der Waals surface area contributed by atoms with Crippen LogP contribution in [0.3, 0.4) is 0 Å². The van der Waals surface area contributed by atoms with E-state index in [1.165, 1.54) is 12.8 Å². The zero-order chi connectivity index (χ0) is 12.8. The molecule has 0 radical (unpaired) electrons. The fourth-order valence-corrected chi connectivity index (χ4v) is 3.13. The van der Waals surface area contributed by atoms with E-state index < -0.39 is 0 Å². The summed E-state index contributed by atoms with van der Waals surface area (Å²) in [7, 11) is 0. The summed E-state index contributed by atoms with van der Waals surface area (Å²) in [6.07, 6.45) is 4.58. The van der Waals surface area contributed by atoms with E-state index in [-0.39, 0.29) is 0 Å². The lowest BCUT2D eigenvalue weighted by molar-refractivity contribution is 0.0936. The van der Waals surface area contributed by atoms with Crippen molar-refractivity contribution in [3.8, 4) is 0 Å². The predicted molar refractivity (Wildman–Crippen MR) is 73.9 cm³/mol. The summed E-state index contributed by atoms with van der Waals surface area (Å²) in [4.78, 5) is 13.4. The molecule has 19 heavy (non-hydrogen) atoms. The Morgan fingerprint density at radius 1 is 1.42 bits per heavy atom. The highest BCUT2D eigenvalue weighted by atomic mass is 35.5. The van der Waals surface area contributed by atoms with Crippen LogP contribution in [0.2, 0.25) is 5.28 Å². The van der Waals surface area contributed by atoms with Gasteiger partial charge in [0.25, 0.3) is 0 Å². The number of halogens is 1. The minimum Gasteiger partial charge on any atom is -0.377 e. The van der Waals surface area contributed by atoms with Crippen molar-refractivity contribution in [2.45, 2.75) is 18.9 Å². The highest BCUT2D eigenvalue weighted by molar-refractivity contribution is 6.28. The number of morpholine rings is 1. The number of hydrogen-bond donors (Lipinski definition) is 0. The number of fused-ring (bicyclic) bond motifs is 3. The largest absolute Gasteiger partial charge is 0.377 e. The molecular weight excluding hydrogens is 264 g/mol. The predicted octanol–water partition coefficient (Wildman–Crippen LogP) is 1.57. The number of nitrogens with zero attached hydrogens (tertiary/aromatic N) is 4. The van der Waals surface area contributed by atoms with Gasteiger partial charge in [-0.2, -0.15) is 4.98 Å². The molecule has 2 fully saturated rings. The Balaban J connectivity index is 1.71. The summed E-state index contributed by atoms with van der Waals surface area (Å²) >= 11 is 5.97. The molecule has 0 N–H and O–H groups in total. The monoisotopic (exact) mass is 280 g/mol. The van der Waals surface area contributed by atoms with Gasteiger partial charge in [0.2, 0.25) is 5.28 Å². The van der Waals surface area contributed by atoms with Gasteiger partial charge in [0.05, 0.1) is 31.1 Å². The lowest BCUT2D eigenvalue weighted by Gasteiger charge is -2.45. The molecule has 0 spiro atoms. The maximum atomic E-state index is 5.97. The quantitative estimate of drug-likeness (QED) is 0.769. The van der Waals surface area contributed by atoms with Gasteiger partial charge in [-0.05, 0) is 30.4 Å². The van der Waals surface area contributed by atoms with E-state index in [2.05, 4.69) is 19.8 Å². The Hall–Kier alpha value is -1.07. The SMILES string of the molecule is Clc1ncc2c(n1)N1CCOCC1CN2CC1CC1. The van der Waals surface area contributed by atoms with Crippen LogP contribution in [0.5, 0.6) is 0 Å². The van der Waals surface area contributed by atoms with Crippen LogP contribution in [-0.4, -0.2) is 48.9 Å². The van der Waals surface area contributed by atoms with Gasteiger partial charge < -0.3 is 14.5 Å². The number of anilines is 2. The number of rotatable bonds is 2. The van der Waals surface area contributed by atoms with Crippen LogP contribution in [0.15, 0.2) is 6.20 Å². The summed E-state index contributed by atoms with van der Waals surface area (Å²) in [5.74, 6) is 1.83. The van der Waals surface area contributed by atoms with Gasteiger partial charge in [0.1, 0.15) is 0 Å². The second-order valence-electron chi connectivity index (χ2n) is 5.62. The molecule has 2 aliphatic heterocycles. The second-order valence-corrected chi connectivity index (χ2v) is 5.96. The Labute approximate surface area is 117 Å². The van der Waals surface area contributed by atoms with Crippen LogP contribution in [0.4, 0.5) is 11.5 Å². The smallest absolute Gasteiger partial charge is 0.224 e. The Morgan fingerprint density at radius 3 is 3.16 bits per heavy atom. The average Bonchev–Trinajstić information content (AvgIpc) is 3.23. The third-order valence-electron chi connectivity index (χ3n) is 4.17. The van der Waals surface area contributed by atoms with Gasteiger partial charge in [0.15, 0.2) is 5.82 Å². The first kappa shape index (κ1) is 11.7. The number of aromatic nitrogens is 2. The molecular formula is C13H17ClN4O. The summed E-state index contributed by atoms with van der Waals surface area (Å²) in [6.45, 7) is 4.56. The molecule has 0 bridgehead atoms. The van der Waals surface area contributed by atoms with Gasteiger partial charge in [-0.15, -0.1) is 0 Å². The minimum absolute atomic E-state index is 0.331. The third kappa shape index (κ3) is 2.15. The van der Waals surface area contributed by atoms with Gasteiger partial charge in [-0.25, -0.2) is 4.98 Å². The van der Waals surface area contributed by atoms with Crippen LogP contribution >= 0.6 is 11.6 Å². The second kappa shape index (κ2) is 4.49. The van der Waals surface area contributed by atoms with E-state index in [1.807, 2.05) is 6.20 Å². The fraction of sp³-hybridized carbons (Fsp3) is 0.692. The van der Waals surface area contributed by atoms with E-state index in [4.69, 9.17) is 16.3 Å². The van der Waals surface area contributed by atoms with Crippen LogP contribution in [0, 0.1) is 5.92 Å². The first-order chi connectivity index (χ1) is 9.31. The summed E-state index contributed by atoms with van der Waals surface area (Å²) < 4.78 is 5.61. The Morgan fingerprint density at radius 2 is 2.32 bits per heavy atom. The first-order valence-electron chi connectivity index (χ1n) is 6.93. The molecule has 102 valence electrons. The van der Waals surface area contributed by atoms with Crippen molar-refractivity contribution in [1.29, 1.82) is 0 Å². The highest BCUT2D eigenvalue weighted by Gasteiger charge is 2.36. The molecule has 5 nitrogen and oxygen atoms in total. The standard InChI is InChI=1S/C13H17ClN4O/c14-13-15-5-11-12(16-13)18-3-4-19-8-10(18)7-17(11)6-9-1-2-9/h5,9-10H,1-4,6-8H2. The van der Waals surface area contributed by atoms with Gasteiger partial charge in [-0.1, -0.05) is 0 Å². The van der Waals surface area contributed by atoms with Gasteiger partial charge in [0, 0.05) is 19.6 Å². The molecule has 3 aliphatic rings. The summed E-state index contributed by atoms with van der Waals surface area (Å²) in [6, 6.07) is 0.394. The lowest BCUT2D eigenvalue weighted by atomic mass is 10.1. The Kier molecular flexibility index (Phi) is 2.77. The van der Waals surface area contributed by atoms with E-state index in [1.54, 1.807) is 0 Å². The first-order valence-corrected chi connectivity index (χ1v) is 7.31. The van der Waals surface area contributed by atoms with Crippen molar-refractivity contribution in [3.05, 3.63) is 11.5 Å². The Bertz CT molecular complexity index is 494. The van der Waals surface area contributed by atoms with Crippen molar-refractivity contribution in [1.82, 2.24) is 9.97 Å². The van der Waals surface area contributed by atoms with E-state index in [0.29, 0.717) is 11.3 Å². The summed E-state index contributed by atoms with van der Waals surface area (Å²) in [5.41, 5.74) is 1.13. The van der Waals surface area contributed by atoms with Crippen molar-refractivity contribution < 1.29 is 4.74 Å². The molecule has 1 aliphatic carbocycles. The molecule has 0 amide bonds. The maximum absolute atomic E-state index is 5.97. The van der Waals surface area contributed by atoms with Crippen molar-refractivity contribution in [2.75, 3.05) is 42.6 Å². The van der Waals surface area contributed by atoms with Crippen LogP contribution in [-0.2, 0) is 4.74 Å². The molecule has 1 atom stereocenters. The molecule has 4 rings (SSSR count). The van der Waals surface area contributed by atoms with Crippen LogP contribution in [0.1, 0.15) is 12.8 Å². The minimum atomic E-state index is 0.331. The number of hydrogen-bond acceptors (Lipinski definition) is 5. The summed E-state index contributed by atoms with van der Waals surface area (Å²) in [5, 5.41) is 0.331. The van der Waals surface area contributed by atoms with Crippen LogP contribution < -0.4 is 9.80 Å². The van der Waals surface area contributed by atoms with Gasteiger partial charge in [-0.3, -0.25) is 0 Å². The fourth-order valence-electron chi connectivity index (χ4n) is 3.00. The molecule has 0 aromatic carbocycles. The molecule has 1 saturated carbocycles. The van der Waals surface area contributed by atoms with E-state index in [0.717, 1.165) is 50.3 Å². The highest BCUT2D eigenvalue weighted by Crippen LogP contribution is 2.38. The number of ether oxygens (including phenoxy) is 1. The topological polar surface area (TPSA) is 41.5 Å². The lowest BCUT2D eigenvalue weighted by Crippen LogP contribution is -2.55. The average molecular weight is 281 g/mol. The van der Waals surface area contributed by atoms with Crippen molar-refractivity contribution >= 4 is 23.1 Å². The van der Waals surface area contributed by atoms with Gasteiger partial charge >= 0.3 is 0 Å². The molecule has 1 saturated heterocycles. The van der Waals surface area contributed by atoms with Crippen LogP contribution in [0.25, 0.3) is 0 Å². The molecule has 3 heterocycles. The van der Waals surface area contributed by atoms with E-state index in [9.17, 15) is 0 Å². The third-order valence-corrected chi connectivity index (χ3v) is 4.35. The molecule has 1 aromatic rings. The van der Waals surface area contributed by atoms with Crippen molar-refractivity contribution in [2.24, 2.45) is 5.92 Å². The van der Waals surface area contributed by atoms with Crippen molar-refractivity contribution in [3.63, 3.8) is 0 Å². The normalized spacial score (nSPS) is 26.1. The maximum Gasteiger partial charge on any atom is 0.224 e. The zero-order valence-corrected chi connectivity index (χ0v) is 11.5. The molecule has 6 heteroatoms. The van der Waals surface area contributed by atoms with E-state index >= 15 is 0 Å². The zero-order valence-electron chi connectivity index (χ0n) is 10.8. The molecule has 1 aromatic heterocycles. The molecule has 1 unspecified atom stereocenters.